The van der Waals surface area contributed by atoms with E-state index in [9.17, 15) is 21.6 Å². The van der Waals surface area contributed by atoms with Crippen LogP contribution in [0.5, 0.6) is 0 Å². The predicted molar refractivity (Wildman–Crippen MR) is 38.8 cm³/mol. The standard InChI is InChI=1S/C5H5F3N2O3S/c6-5(7,8)4-1-9-10(2-4)3-14(11,12)13/h1-2H,3H2,(H,11,12,13). The van der Waals surface area contributed by atoms with Crippen LogP contribution in [0.15, 0.2) is 12.4 Å². The zero-order chi connectivity index (χ0) is 11.0. The molecule has 0 spiro atoms. The van der Waals surface area contributed by atoms with E-state index in [-0.39, 0.29) is 0 Å². The molecule has 0 aliphatic rings. The Labute approximate surface area is 76.9 Å². The number of halogens is 3. The first-order valence-corrected chi connectivity index (χ1v) is 4.84. The number of nitrogens with zero attached hydrogens (tertiary/aromatic N) is 2. The van der Waals surface area contributed by atoms with Crippen LogP contribution in [0.25, 0.3) is 0 Å². The SMILES string of the molecule is O=S(=O)(O)Cn1cc(C(F)(F)F)cn1. The monoisotopic (exact) mass is 230 g/mol. The Morgan fingerprint density at radius 1 is 1.50 bits per heavy atom. The number of aromatic nitrogens is 2. The van der Waals surface area contributed by atoms with Gasteiger partial charge in [-0.3, -0.25) is 9.23 Å². The molecule has 0 atom stereocenters. The van der Waals surface area contributed by atoms with Crippen LogP contribution in [-0.4, -0.2) is 22.8 Å². The molecule has 80 valence electrons. The summed E-state index contributed by atoms with van der Waals surface area (Å²) in [5.41, 5.74) is -1.07. The van der Waals surface area contributed by atoms with Crippen LogP contribution in [0.1, 0.15) is 5.56 Å². The minimum absolute atomic E-state index is 0.477. The summed E-state index contributed by atoms with van der Waals surface area (Å²) in [5, 5.41) is 3.13. The third kappa shape index (κ3) is 3.00. The van der Waals surface area contributed by atoms with Gasteiger partial charge in [0.2, 0.25) is 0 Å². The van der Waals surface area contributed by atoms with Crippen molar-refractivity contribution in [1.29, 1.82) is 0 Å². The molecule has 1 aromatic rings. The molecule has 1 aromatic heterocycles. The topological polar surface area (TPSA) is 72.2 Å². The second-order valence-electron chi connectivity index (χ2n) is 2.48. The Hall–Kier alpha value is -1.09. The van der Waals surface area contributed by atoms with Gasteiger partial charge in [0.15, 0.2) is 5.88 Å². The van der Waals surface area contributed by atoms with Gasteiger partial charge in [0.1, 0.15) is 0 Å². The van der Waals surface area contributed by atoms with Crippen LogP contribution in [0.4, 0.5) is 13.2 Å². The van der Waals surface area contributed by atoms with Crippen molar-refractivity contribution in [3.63, 3.8) is 0 Å². The lowest BCUT2D eigenvalue weighted by Gasteiger charge is -2.00. The maximum Gasteiger partial charge on any atom is 0.419 e. The molecule has 0 unspecified atom stereocenters. The summed E-state index contributed by atoms with van der Waals surface area (Å²) >= 11 is 0. The van der Waals surface area contributed by atoms with E-state index >= 15 is 0 Å². The van der Waals surface area contributed by atoms with Crippen LogP contribution < -0.4 is 0 Å². The number of alkyl halides is 3. The first-order valence-electron chi connectivity index (χ1n) is 3.23. The minimum atomic E-state index is -4.57. The van der Waals surface area contributed by atoms with Crippen molar-refractivity contribution in [2.75, 3.05) is 0 Å². The van der Waals surface area contributed by atoms with Crippen molar-refractivity contribution in [3.05, 3.63) is 18.0 Å². The van der Waals surface area contributed by atoms with E-state index in [4.69, 9.17) is 4.55 Å². The highest BCUT2D eigenvalue weighted by Crippen LogP contribution is 2.28. The zero-order valence-corrected chi connectivity index (χ0v) is 7.38. The van der Waals surface area contributed by atoms with E-state index in [2.05, 4.69) is 5.10 Å². The first kappa shape index (κ1) is 11.0. The van der Waals surface area contributed by atoms with Gasteiger partial charge in [0.25, 0.3) is 10.1 Å². The van der Waals surface area contributed by atoms with Crippen molar-refractivity contribution in [1.82, 2.24) is 9.78 Å². The van der Waals surface area contributed by atoms with E-state index < -0.39 is 27.7 Å². The molecule has 0 aliphatic carbocycles. The van der Waals surface area contributed by atoms with Gasteiger partial charge in [0, 0.05) is 6.20 Å². The van der Waals surface area contributed by atoms with Crippen LogP contribution >= 0.6 is 0 Å². The second kappa shape index (κ2) is 3.24. The predicted octanol–water partition coefficient (Wildman–Crippen LogP) is 0.747. The summed E-state index contributed by atoms with van der Waals surface area (Å²) in [5.74, 6) is -0.997. The third-order valence-corrected chi connectivity index (χ3v) is 1.85. The number of hydrogen-bond acceptors (Lipinski definition) is 3. The Morgan fingerprint density at radius 3 is 2.43 bits per heavy atom. The lowest BCUT2D eigenvalue weighted by molar-refractivity contribution is -0.137. The van der Waals surface area contributed by atoms with Gasteiger partial charge in [-0.05, 0) is 0 Å². The molecule has 1 heterocycles. The molecule has 0 aliphatic heterocycles. The highest BCUT2D eigenvalue weighted by atomic mass is 32.2. The number of rotatable bonds is 2. The Bertz CT molecular complexity index is 422. The fraction of sp³-hybridized carbons (Fsp3) is 0.400. The maximum absolute atomic E-state index is 12.0. The molecule has 14 heavy (non-hydrogen) atoms. The maximum atomic E-state index is 12.0. The van der Waals surface area contributed by atoms with Gasteiger partial charge in [-0.2, -0.15) is 26.7 Å². The molecule has 0 aromatic carbocycles. The van der Waals surface area contributed by atoms with Gasteiger partial charge in [0.05, 0.1) is 11.8 Å². The Kier molecular flexibility index (Phi) is 2.54. The van der Waals surface area contributed by atoms with Crippen molar-refractivity contribution in [2.45, 2.75) is 12.1 Å². The zero-order valence-electron chi connectivity index (χ0n) is 6.56. The van der Waals surface area contributed by atoms with Crippen molar-refractivity contribution < 1.29 is 26.1 Å². The van der Waals surface area contributed by atoms with Crippen LogP contribution in [0.2, 0.25) is 0 Å². The van der Waals surface area contributed by atoms with Crippen molar-refractivity contribution in [2.24, 2.45) is 0 Å². The molecule has 5 nitrogen and oxygen atoms in total. The van der Waals surface area contributed by atoms with Crippen molar-refractivity contribution in [3.8, 4) is 0 Å². The summed E-state index contributed by atoms with van der Waals surface area (Å²) in [7, 11) is -4.38. The molecule has 0 fully saturated rings. The fourth-order valence-corrected chi connectivity index (χ4v) is 1.22. The molecule has 0 radical (unpaired) electrons. The van der Waals surface area contributed by atoms with E-state index in [1.165, 1.54) is 0 Å². The van der Waals surface area contributed by atoms with E-state index in [1.54, 1.807) is 0 Å². The average Bonchev–Trinajstić information content (AvgIpc) is 2.29. The molecular weight excluding hydrogens is 225 g/mol. The molecule has 0 bridgehead atoms. The fourth-order valence-electron chi connectivity index (χ4n) is 0.748. The molecule has 0 saturated heterocycles. The quantitative estimate of drug-likeness (QED) is 0.761. The summed E-state index contributed by atoms with van der Waals surface area (Å²) in [4.78, 5) is 0. The second-order valence-corrected chi connectivity index (χ2v) is 3.90. The van der Waals surface area contributed by atoms with Gasteiger partial charge in [-0.25, -0.2) is 0 Å². The van der Waals surface area contributed by atoms with E-state index in [0.29, 0.717) is 17.1 Å². The van der Waals surface area contributed by atoms with E-state index in [0.717, 1.165) is 0 Å². The van der Waals surface area contributed by atoms with Crippen molar-refractivity contribution >= 4 is 10.1 Å². The van der Waals surface area contributed by atoms with Crippen LogP contribution in [0, 0.1) is 0 Å². The Balaban J connectivity index is 2.90. The number of hydrogen-bond donors (Lipinski definition) is 1. The molecule has 1 rings (SSSR count). The van der Waals surface area contributed by atoms with E-state index in [1.807, 2.05) is 0 Å². The largest absolute Gasteiger partial charge is 0.419 e. The van der Waals surface area contributed by atoms with Gasteiger partial charge in [-0.15, -0.1) is 0 Å². The highest BCUT2D eigenvalue weighted by molar-refractivity contribution is 7.84. The Morgan fingerprint density at radius 2 is 2.07 bits per heavy atom. The third-order valence-electron chi connectivity index (χ3n) is 1.26. The lowest BCUT2D eigenvalue weighted by Crippen LogP contribution is -2.10. The lowest BCUT2D eigenvalue weighted by atomic mass is 10.4. The molecule has 1 N–H and O–H groups in total. The summed E-state index contributed by atoms with van der Waals surface area (Å²) in [6, 6.07) is 0. The molecule has 0 amide bonds. The van der Waals surface area contributed by atoms with Crippen LogP contribution in [-0.2, 0) is 22.2 Å². The molecule has 9 heteroatoms. The normalized spacial score (nSPS) is 13.1. The van der Waals surface area contributed by atoms with Gasteiger partial charge >= 0.3 is 6.18 Å². The highest BCUT2D eigenvalue weighted by Gasteiger charge is 2.32. The van der Waals surface area contributed by atoms with Gasteiger partial charge in [-0.1, -0.05) is 0 Å². The summed E-state index contributed by atoms with van der Waals surface area (Å²) in [6.45, 7) is 0. The first-order chi connectivity index (χ1) is 6.18. The molecule has 0 saturated carbocycles. The summed E-state index contributed by atoms with van der Waals surface area (Å²) < 4.78 is 65.3. The summed E-state index contributed by atoms with van der Waals surface area (Å²) in [6.07, 6.45) is -3.60. The van der Waals surface area contributed by atoms with Gasteiger partial charge < -0.3 is 0 Å². The average molecular weight is 230 g/mol. The minimum Gasteiger partial charge on any atom is -0.284 e. The molecular formula is C5H5F3N2O3S. The van der Waals surface area contributed by atoms with Crippen LogP contribution in [0.3, 0.4) is 0 Å². The smallest absolute Gasteiger partial charge is 0.284 e.